The number of hydrogen-bond acceptors (Lipinski definition) is 2. The first-order valence-electron chi connectivity index (χ1n) is 8.66. The summed E-state index contributed by atoms with van der Waals surface area (Å²) in [7, 11) is 0. The fourth-order valence-electron chi connectivity index (χ4n) is 3.13. The van der Waals surface area contributed by atoms with Crippen molar-refractivity contribution >= 4 is 17.5 Å². The van der Waals surface area contributed by atoms with E-state index in [9.17, 15) is 22.8 Å². The van der Waals surface area contributed by atoms with Crippen LogP contribution < -0.4 is 5.32 Å². The summed E-state index contributed by atoms with van der Waals surface area (Å²) in [5.41, 5.74) is -0.439. The summed E-state index contributed by atoms with van der Waals surface area (Å²) in [5.74, 6) is -5.19. The smallest absolute Gasteiger partial charge is 0.244 e. The Bertz CT molecular complexity index is 631. The first-order chi connectivity index (χ1) is 11.9. The fraction of sp³-hybridized carbons (Fsp3) is 0.556. The molecular weight excluding hydrogens is 333 g/mol. The van der Waals surface area contributed by atoms with Gasteiger partial charge in [-0.1, -0.05) is 26.2 Å². The molecule has 4 nitrogen and oxygen atoms in total. The highest BCUT2D eigenvalue weighted by Crippen LogP contribution is 2.25. The Hall–Kier alpha value is -2.05. The molecule has 0 saturated heterocycles. The van der Waals surface area contributed by atoms with Crippen molar-refractivity contribution in [3.63, 3.8) is 0 Å². The Labute approximate surface area is 145 Å². The minimum Gasteiger partial charge on any atom is -0.333 e. The lowest BCUT2D eigenvalue weighted by Gasteiger charge is -2.28. The van der Waals surface area contributed by atoms with Crippen molar-refractivity contribution in [3.8, 4) is 0 Å². The monoisotopic (exact) mass is 356 g/mol. The summed E-state index contributed by atoms with van der Waals surface area (Å²) >= 11 is 0. The van der Waals surface area contributed by atoms with Gasteiger partial charge < -0.3 is 10.2 Å². The number of halogens is 3. The van der Waals surface area contributed by atoms with Crippen LogP contribution in [0.1, 0.15) is 45.4 Å². The standard InChI is InChI=1S/C18H23F3N2O2/c1-2-10-23(18(25)12-6-4-3-5-7-12)11-15(24)22-14-9-8-13(19)16(20)17(14)21/h8-9,12H,2-7,10-11H2,1H3,(H,22,24). The molecule has 0 spiro atoms. The largest absolute Gasteiger partial charge is 0.333 e. The Morgan fingerprint density at radius 2 is 1.80 bits per heavy atom. The number of nitrogens with one attached hydrogen (secondary N) is 1. The van der Waals surface area contributed by atoms with Crippen molar-refractivity contribution in [2.24, 2.45) is 5.92 Å². The average molecular weight is 356 g/mol. The molecule has 2 rings (SSSR count). The number of nitrogens with zero attached hydrogens (tertiary/aromatic N) is 1. The van der Waals surface area contributed by atoms with E-state index < -0.39 is 29.0 Å². The molecule has 1 fully saturated rings. The Morgan fingerprint density at radius 1 is 1.12 bits per heavy atom. The molecule has 1 aliphatic carbocycles. The summed E-state index contributed by atoms with van der Waals surface area (Å²) in [4.78, 5) is 26.2. The average Bonchev–Trinajstić information content (AvgIpc) is 2.62. The topological polar surface area (TPSA) is 49.4 Å². The van der Waals surface area contributed by atoms with Crippen molar-refractivity contribution in [2.75, 3.05) is 18.4 Å². The maximum Gasteiger partial charge on any atom is 0.244 e. The lowest BCUT2D eigenvalue weighted by molar-refractivity contribution is -0.139. The van der Waals surface area contributed by atoms with Gasteiger partial charge in [0.2, 0.25) is 11.8 Å². The van der Waals surface area contributed by atoms with Gasteiger partial charge in [0.15, 0.2) is 17.5 Å². The summed E-state index contributed by atoms with van der Waals surface area (Å²) < 4.78 is 39.8. The molecule has 1 N–H and O–H groups in total. The van der Waals surface area contributed by atoms with E-state index >= 15 is 0 Å². The van der Waals surface area contributed by atoms with Crippen molar-refractivity contribution in [1.29, 1.82) is 0 Å². The molecule has 1 aromatic rings. The maximum atomic E-state index is 13.6. The van der Waals surface area contributed by atoms with Crippen molar-refractivity contribution < 1.29 is 22.8 Å². The number of anilines is 1. The van der Waals surface area contributed by atoms with E-state index in [0.29, 0.717) is 13.0 Å². The molecule has 1 aliphatic rings. The zero-order valence-corrected chi connectivity index (χ0v) is 14.3. The predicted molar refractivity (Wildman–Crippen MR) is 88.4 cm³/mol. The van der Waals surface area contributed by atoms with Gasteiger partial charge in [-0.3, -0.25) is 9.59 Å². The molecule has 0 heterocycles. The predicted octanol–water partition coefficient (Wildman–Crippen LogP) is 3.86. The minimum atomic E-state index is -1.64. The number of benzene rings is 1. The van der Waals surface area contributed by atoms with Gasteiger partial charge in [-0.15, -0.1) is 0 Å². The molecule has 0 aromatic heterocycles. The number of carbonyl (C=O) groups is 2. The second-order valence-electron chi connectivity index (χ2n) is 6.37. The molecule has 138 valence electrons. The minimum absolute atomic E-state index is 0.0672. The lowest BCUT2D eigenvalue weighted by atomic mass is 9.88. The Morgan fingerprint density at radius 3 is 2.44 bits per heavy atom. The van der Waals surface area contributed by atoms with Gasteiger partial charge in [-0.05, 0) is 31.4 Å². The maximum absolute atomic E-state index is 13.6. The molecule has 2 amide bonds. The van der Waals surface area contributed by atoms with E-state index in [1.54, 1.807) is 0 Å². The zero-order valence-electron chi connectivity index (χ0n) is 14.3. The van der Waals surface area contributed by atoms with Crippen molar-refractivity contribution in [3.05, 3.63) is 29.6 Å². The molecule has 0 aliphatic heterocycles. The van der Waals surface area contributed by atoms with Gasteiger partial charge in [0, 0.05) is 12.5 Å². The normalized spacial score (nSPS) is 15.0. The van der Waals surface area contributed by atoms with E-state index in [1.807, 2.05) is 6.92 Å². The third-order valence-electron chi connectivity index (χ3n) is 4.40. The van der Waals surface area contributed by atoms with Crippen LogP contribution in [0, 0.1) is 23.4 Å². The van der Waals surface area contributed by atoms with Gasteiger partial charge >= 0.3 is 0 Å². The van der Waals surface area contributed by atoms with Gasteiger partial charge in [0.1, 0.15) is 0 Å². The quantitative estimate of drug-likeness (QED) is 0.787. The number of carbonyl (C=O) groups excluding carboxylic acids is 2. The number of hydrogen-bond donors (Lipinski definition) is 1. The first-order valence-corrected chi connectivity index (χ1v) is 8.66. The summed E-state index contributed by atoms with van der Waals surface area (Å²) in [6, 6.07) is 1.70. The van der Waals surface area contributed by atoms with Crippen LogP contribution in [0.15, 0.2) is 12.1 Å². The molecule has 0 radical (unpaired) electrons. The van der Waals surface area contributed by atoms with Crippen LogP contribution >= 0.6 is 0 Å². The lowest BCUT2D eigenvalue weighted by Crippen LogP contribution is -2.42. The fourth-order valence-corrected chi connectivity index (χ4v) is 3.13. The first kappa shape index (κ1) is 19.3. The molecule has 25 heavy (non-hydrogen) atoms. The van der Waals surface area contributed by atoms with Crippen molar-refractivity contribution in [1.82, 2.24) is 4.90 Å². The molecule has 1 aromatic carbocycles. The van der Waals surface area contributed by atoms with E-state index in [4.69, 9.17) is 0 Å². The zero-order chi connectivity index (χ0) is 18.4. The Kier molecular flexibility index (Phi) is 6.84. The number of amides is 2. The van der Waals surface area contributed by atoms with Gasteiger partial charge in [-0.2, -0.15) is 0 Å². The second kappa shape index (κ2) is 8.87. The van der Waals surface area contributed by atoms with Crippen LogP contribution in [0.25, 0.3) is 0 Å². The highest BCUT2D eigenvalue weighted by atomic mass is 19.2. The molecule has 7 heteroatoms. The molecular formula is C18H23F3N2O2. The van der Waals surface area contributed by atoms with Crippen LogP contribution in [-0.2, 0) is 9.59 Å². The Balaban J connectivity index is 2.02. The van der Waals surface area contributed by atoms with Crippen LogP contribution in [0.3, 0.4) is 0 Å². The van der Waals surface area contributed by atoms with E-state index in [0.717, 1.165) is 44.2 Å². The van der Waals surface area contributed by atoms with Gasteiger partial charge in [-0.25, -0.2) is 13.2 Å². The van der Waals surface area contributed by atoms with E-state index in [1.165, 1.54) is 4.90 Å². The summed E-state index contributed by atoms with van der Waals surface area (Å²) in [6.07, 6.45) is 5.45. The van der Waals surface area contributed by atoms with Crippen LogP contribution in [0.4, 0.5) is 18.9 Å². The van der Waals surface area contributed by atoms with Gasteiger partial charge in [0.05, 0.1) is 12.2 Å². The SMILES string of the molecule is CCCN(CC(=O)Nc1ccc(F)c(F)c1F)C(=O)C1CCCCC1. The van der Waals surface area contributed by atoms with E-state index in [-0.39, 0.29) is 18.4 Å². The molecule has 0 atom stereocenters. The highest BCUT2D eigenvalue weighted by Gasteiger charge is 2.27. The van der Waals surface area contributed by atoms with Crippen LogP contribution in [0.5, 0.6) is 0 Å². The van der Waals surface area contributed by atoms with E-state index in [2.05, 4.69) is 5.32 Å². The third kappa shape index (κ3) is 4.96. The molecule has 0 unspecified atom stereocenters. The van der Waals surface area contributed by atoms with Crippen LogP contribution in [-0.4, -0.2) is 29.8 Å². The second-order valence-corrected chi connectivity index (χ2v) is 6.37. The van der Waals surface area contributed by atoms with Crippen LogP contribution in [0.2, 0.25) is 0 Å². The third-order valence-corrected chi connectivity index (χ3v) is 4.40. The molecule has 1 saturated carbocycles. The summed E-state index contributed by atoms with van der Waals surface area (Å²) in [5, 5.41) is 2.21. The molecule has 0 bridgehead atoms. The number of rotatable bonds is 6. The van der Waals surface area contributed by atoms with Crippen molar-refractivity contribution in [2.45, 2.75) is 45.4 Å². The highest BCUT2D eigenvalue weighted by molar-refractivity contribution is 5.95. The van der Waals surface area contributed by atoms with Gasteiger partial charge in [0.25, 0.3) is 0 Å². The summed E-state index contributed by atoms with van der Waals surface area (Å²) in [6.45, 7) is 2.08.